The number of ether oxygens (including phenoxy) is 1. The van der Waals surface area contributed by atoms with E-state index in [-0.39, 0.29) is 6.04 Å². The SMILES string of the molecule is Cc1nc(S(C)=O)ccc1-c1cc(N2CCOC[C@H]2C)nn2c(-c3ccn[nH]3)ncc12. The summed E-state index contributed by atoms with van der Waals surface area (Å²) in [5.74, 6) is 1.54. The predicted octanol–water partition coefficient (Wildman–Crippen LogP) is 2.45. The number of pyridine rings is 1. The first-order valence-corrected chi connectivity index (χ1v) is 11.6. The summed E-state index contributed by atoms with van der Waals surface area (Å²) in [5, 5.41) is 12.5. The Morgan fingerprint density at radius 3 is 2.84 bits per heavy atom. The van der Waals surface area contributed by atoms with E-state index in [0.29, 0.717) is 24.1 Å². The lowest BCUT2D eigenvalue weighted by Gasteiger charge is -2.34. The first-order chi connectivity index (χ1) is 15.0. The number of morpholine rings is 1. The van der Waals surface area contributed by atoms with E-state index in [1.807, 2.05) is 35.8 Å². The number of nitrogens with one attached hydrogen (secondary N) is 1. The number of aryl methyl sites for hydroxylation is 1. The molecule has 31 heavy (non-hydrogen) atoms. The maximum atomic E-state index is 11.9. The summed E-state index contributed by atoms with van der Waals surface area (Å²) in [5.41, 5.74) is 4.40. The van der Waals surface area contributed by atoms with Gasteiger partial charge in [-0.05, 0) is 38.1 Å². The van der Waals surface area contributed by atoms with Gasteiger partial charge in [-0.3, -0.25) is 9.31 Å². The van der Waals surface area contributed by atoms with Gasteiger partial charge in [0, 0.05) is 35.8 Å². The lowest BCUT2D eigenvalue weighted by molar-refractivity contribution is 0.0984. The number of hydrogen-bond donors (Lipinski definition) is 1. The fourth-order valence-corrected chi connectivity index (χ4v) is 4.46. The molecule has 1 unspecified atom stereocenters. The van der Waals surface area contributed by atoms with Gasteiger partial charge in [-0.1, -0.05) is 0 Å². The Labute approximate surface area is 181 Å². The molecule has 0 aliphatic carbocycles. The average molecular weight is 438 g/mol. The van der Waals surface area contributed by atoms with Gasteiger partial charge in [-0.15, -0.1) is 5.10 Å². The van der Waals surface area contributed by atoms with E-state index in [4.69, 9.17) is 9.84 Å². The summed E-state index contributed by atoms with van der Waals surface area (Å²) in [6.07, 6.45) is 5.15. The van der Waals surface area contributed by atoms with E-state index in [1.54, 1.807) is 12.5 Å². The molecule has 0 radical (unpaired) electrons. The molecule has 0 bridgehead atoms. The average Bonchev–Trinajstić information content (AvgIpc) is 3.43. The Morgan fingerprint density at radius 2 is 2.13 bits per heavy atom. The number of fused-ring (bicyclic) bond motifs is 1. The van der Waals surface area contributed by atoms with Crippen molar-refractivity contribution in [2.45, 2.75) is 24.9 Å². The van der Waals surface area contributed by atoms with Crippen LogP contribution in [-0.2, 0) is 15.5 Å². The van der Waals surface area contributed by atoms with E-state index < -0.39 is 10.8 Å². The quantitative estimate of drug-likeness (QED) is 0.523. The number of nitrogens with zero attached hydrogens (tertiary/aromatic N) is 6. The summed E-state index contributed by atoms with van der Waals surface area (Å²) in [7, 11) is -1.13. The largest absolute Gasteiger partial charge is 0.377 e. The number of hydrogen-bond acceptors (Lipinski definition) is 7. The summed E-state index contributed by atoms with van der Waals surface area (Å²) < 4.78 is 19.4. The fourth-order valence-electron chi connectivity index (χ4n) is 3.94. The molecule has 0 aromatic carbocycles. The molecular formula is C21H23N7O2S. The van der Waals surface area contributed by atoms with Gasteiger partial charge in [0.2, 0.25) is 0 Å². The van der Waals surface area contributed by atoms with Gasteiger partial charge in [-0.25, -0.2) is 14.5 Å². The summed E-state index contributed by atoms with van der Waals surface area (Å²) in [6.45, 7) is 6.15. The minimum absolute atomic E-state index is 0.204. The van der Waals surface area contributed by atoms with Gasteiger partial charge >= 0.3 is 0 Å². The summed E-state index contributed by atoms with van der Waals surface area (Å²) >= 11 is 0. The van der Waals surface area contributed by atoms with Gasteiger partial charge < -0.3 is 9.64 Å². The van der Waals surface area contributed by atoms with Crippen LogP contribution in [0.3, 0.4) is 0 Å². The van der Waals surface area contributed by atoms with Gasteiger partial charge in [0.25, 0.3) is 0 Å². The third-order valence-corrected chi connectivity index (χ3v) is 6.35. The molecule has 0 amide bonds. The Morgan fingerprint density at radius 1 is 1.26 bits per heavy atom. The standard InChI is InChI=1S/C21H23N7O2S/c1-13-12-30-9-8-27(13)19-10-16(15-4-5-20(31(3)29)24-14(15)2)18-11-22-21(28(18)26-19)17-6-7-23-25-17/h4-7,10-11,13H,8-9,12H2,1-3H3,(H,23,25)/t13-,31?/m1/s1. The van der Waals surface area contributed by atoms with Crippen molar-refractivity contribution in [1.29, 1.82) is 0 Å². The molecule has 1 fully saturated rings. The second kappa shape index (κ2) is 7.86. The molecule has 5 rings (SSSR count). The third kappa shape index (κ3) is 3.51. The number of rotatable bonds is 4. The van der Waals surface area contributed by atoms with Crippen molar-refractivity contribution in [3.05, 3.63) is 42.4 Å². The van der Waals surface area contributed by atoms with Crippen molar-refractivity contribution in [3.63, 3.8) is 0 Å². The highest BCUT2D eigenvalue weighted by Gasteiger charge is 2.24. The second-order valence-electron chi connectivity index (χ2n) is 7.62. The van der Waals surface area contributed by atoms with Crippen LogP contribution in [0.5, 0.6) is 0 Å². The summed E-state index contributed by atoms with van der Waals surface area (Å²) in [4.78, 5) is 11.4. The van der Waals surface area contributed by atoms with Crippen LogP contribution < -0.4 is 4.90 Å². The van der Waals surface area contributed by atoms with Crippen LogP contribution in [0.2, 0.25) is 0 Å². The Kier molecular flexibility index (Phi) is 5.03. The molecule has 1 saturated heterocycles. The molecule has 5 heterocycles. The van der Waals surface area contributed by atoms with Gasteiger partial charge in [-0.2, -0.15) is 5.10 Å². The van der Waals surface area contributed by atoms with Crippen LogP contribution in [0.15, 0.2) is 41.7 Å². The monoisotopic (exact) mass is 437 g/mol. The van der Waals surface area contributed by atoms with Crippen molar-refractivity contribution < 1.29 is 8.95 Å². The topological polar surface area (TPSA) is 101 Å². The molecule has 1 aliphatic rings. The predicted molar refractivity (Wildman–Crippen MR) is 118 cm³/mol. The van der Waals surface area contributed by atoms with Gasteiger partial charge in [0.1, 0.15) is 10.7 Å². The van der Waals surface area contributed by atoms with E-state index in [9.17, 15) is 4.21 Å². The maximum absolute atomic E-state index is 11.9. The van der Waals surface area contributed by atoms with Gasteiger partial charge in [0.05, 0.1) is 41.8 Å². The Balaban J connectivity index is 1.74. The van der Waals surface area contributed by atoms with Crippen LogP contribution in [0.1, 0.15) is 12.6 Å². The zero-order valence-electron chi connectivity index (χ0n) is 17.6. The van der Waals surface area contributed by atoms with Crippen molar-refractivity contribution in [1.82, 2.24) is 29.8 Å². The number of H-pyrrole nitrogens is 1. The van der Waals surface area contributed by atoms with Crippen LogP contribution in [0.4, 0.5) is 5.82 Å². The maximum Gasteiger partial charge on any atom is 0.179 e. The molecule has 9 nitrogen and oxygen atoms in total. The van der Waals surface area contributed by atoms with E-state index in [0.717, 1.165) is 40.4 Å². The van der Waals surface area contributed by atoms with Gasteiger partial charge in [0.15, 0.2) is 11.6 Å². The summed E-state index contributed by atoms with van der Waals surface area (Å²) in [6, 6.07) is 7.96. The molecule has 4 aromatic rings. The Bertz CT molecular complexity index is 1270. The highest BCUT2D eigenvalue weighted by atomic mass is 32.2. The highest BCUT2D eigenvalue weighted by Crippen LogP contribution is 2.33. The van der Waals surface area contributed by atoms with Crippen LogP contribution >= 0.6 is 0 Å². The number of imidazole rings is 1. The highest BCUT2D eigenvalue weighted by molar-refractivity contribution is 7.84. The lowest BCUT2D eigenvalue weighted by atomic mass is 10.0. The second-order valence-corrected chi connectivity index (χ2v) is 8.95. The number of anilines is 1. The molecule has 2 atom stereocenters. The smallest absolute Gasteiger partial charge is 0.179 e. The van der Waals surface area contributed by atoms with Crippen molar-refractivity contribution in [3.8, 4) is 22.6 Å². The normalized spacial score (nSPS) is 17.9. The van der Waals surface area contributed by atoms with Crippen molar-refractivity contribution in [2.75, 3.05) is 30.9 Å². The van der Waals surface area contributed by atoms with Crippen molar-refractivity contribution in [2.24, 2.45) is 0 Å². The van der Waals surface area contributed by atoms with E-state index in [2.05, 4.69) is 38.1 Å². The molecule has 1 N–H and O–H groups in total. The third-order valence-electron chi connectivity index (χ3n) is 5.54. The molecule has 0 saturated carbocycles. The minimum Gasteiger partial charge on any atom is -0.377 e. The first-order valence-electron chi connectivity index (χ1n) is 10.1. The fraction of sp³-hybridized carbons (Fsp3) is 0.333. The van der Waals surface area contributed by atoms with Crippen molar-refractivity contribution >= 4 is 22.1 Å². The molecule has 0 spiro atoms. The number of aromatic nitrogens is 6. The van der Waals surface area contributed by atoms with E-state index in [1.165, 1.54) is 0 Å². The van der Waals surface area contributed by atoms with Crippen LogP contribution in [0, 0.1) is 6.92 Å². The van der Waals surface area contributed by atoms with Crippen LogP contribution in [-0.4, -0.2) is 66.0 Å². The zero-order chi connectivity index (χ0) is 21.5. The molecule has 4 aromatic heterocycles. The van der Waals surface area contributed by atoms with E-state index >= 15 is 0 Å². The molecule has 160 valence electrons. The zero-order valence-corrected chi connectivity index (χ0v) is 18.4. The minimum atomic E-state index is -1.13. The Hall–Kier alpha value is -3.11. The van der Waals surface area contributed by atoms with Crippen LogP contribution in [0.25, 0.3) is 28.2 Å². The lowest BCUT2D eigenvalue weighted by Crippen LogP contribution is -2.44. The first kappa shape index (κ1) is 19.8. The molecule has 1 aliphatic heterocycles. The number of aromatic amines is 1. The molecular weight excluding hydrogens is 414 g/mol. The molecule has 10 heteroatoms.